The molecule has 0 aliphatic heterocycles. The van der Waals surface area contributed by atoms with E-state index in [0.29, 0.717) is 22.9 Å². The van der Waals surface area contributed by atoms with E-state index >= 15 is 0 Å². The molecule has 1 heterocycles. The highest BCUT2D eigenvalue weighted by atomic mass is 32.2. The minimum atomic E-state index is -0.199. The lowest BCUT2D eigenvalue weighted by molar-refractivity contribution is -0.107. The van der Waals surface area contributed by atoms with Crippen LogP contribution in [0.4, 0.5) is 5.69 Å². The van der Waals surface area contributed by atoms with Crippen molar-refractivity contribution in [3.8, 4) is 5.75 Å². The first-order valence-electron chi connectivity index (χ1n) is 8.19. The Morgan fingerprint density at radius 2 is 1.96 bits per heavy atom. The molecule has 6 heteroatoms. The summed E-state index contributed by atoms with van der Waals surface area (Å²) in [4.78, 5) is 23.9. The van der Waals surface area contributed by atoms with Crippen molar-refractivity contribution in [1.29, 1.82) is 0 Å². The van der Waals surface area contributed by atoms with Crippen LogP contribution in [0.2, 0.25) is 0 Å². The molecule has 3 rings (SSSR count). The zero-order valence-corrected chi connectivity index (χ0v) is 15.7. The van der Waals surface area contributed by atoms with Crippen molar-refractivity contribution in [1.82, 2.24) is 4.57 Å². The normalized spacial score (nSPS) is 10.9. The number of anilines is 1. The number of benzene rings is 2. The van der Waals surface area contributed by atoms with Gasteiger partial charge in [0.15, 0.2) is 0 Å². The molecule has 0 saturated heterocycles. The predicted octanol–water partition coefficient (Wildman–Crippen LogP) is 3.44. The lowest BCUT2D eigenvalue weighted by Gasteiger charge is -2.21. The molecule has 0 radical (unpaired) electrons. The fraction of sp³-hybridized carbons (Fsp3) is 0.200. The van der Waals surface area contributed by atoms with Gasteiger partial charge in [-0.3, -0.25) is 4.79 Å². The number of rotatable bonds is 5. The van der Waals surface area contributed by atoms with Crippen LogP contribution in [-0.2, 0) is 18.3 Å². The van der Waals surface area contributed by atoms with Gasteiger partial charge in [0.1, 0.15) is 12.0 Å². The number of nitrogens with zero attached hydrogens (tertiary/aromatic N) is 2. The van der Waals surface area contributed by atoms with E-state index in [2.05, 4.69) is 0 Å². The summed E-state index contributed by atoms with van der Waals surface area (Å²) in [5.41, 5.74) is 2.75. The van der Waals surface area contributed by atoms with Crippen molar-refractivity contribution in [2.45, 2.75) is 18.2 Å². The summed E-state index contributed by atoms with van der Waals surface area (Å²) < 4.78 is 3.54. The van der Waals surface area contributed by atoms with Crippen LogP contribution in [0.3, 0.4) is 0 Å². The summed E-state index contributed by atoms with van der Waals surface area (Å²) in [6, 6.07) is 13.4. The van der Waals surface area contributed by atoms with Crippen LogP contribution >= 0.6 is 11.9 Å². The fourth-order valence-electron chi connectivity index (χ4n) is 3.01. The number of carbonyl (C=O) groups is 1. The number of aromatic hydroxyl groups is 1. The lowest BCUT2D eigenvalue weighted by Crippen LogP contribution is -2.19. The molecule has 0 amide bonds. The summed E-state index contributed by atoms with van der Waals surface area (Å²) in [6.45, 7) is 1.62. The van der Waals surface area contributed by atoms with Crippen molar-refractivity contribution in [3.05, 3.63) is 63.9 Å². The molecule has 134 valence electrons. The molecule has 1 aromatic heterocycles. The number of aromatic nitrogens is 1. The number of aldehydes is 1. The van der Waals surface area contributed by atoms with Crippen LogP contribution in [0.25, 0.3) is 10.9 Å². The maximum Gasteiger partial charge on any atom is 0.257 e. The van der Waals surface area contributed by atoms with E-state index in [0.717, 1.165) is 22.4 Å². The maximum atomic E-state index is 12.1. The Labute approximate surface area is 156 Å². The smallest absolute Gasteiger partial charge is 0.257 e. The molecule has 0 atom stereocenters. The fourth-order valence-corrected chi connectivity index (χ4v) is 3.90. The largest absolute Gasteiger partial charge is 0.507 e. The number of pyridine rings is 1. The third kappa shape index (κ3) is 3.20. The Morgan fingerprint density at radius 1 is 1.23 bits per heavy atom. The molecular formula is C20H20N2O3S. The van der Waals surface area contributed by atoms with Gasteiger partial charge in [0.2, 0.25) is 0 Å². The van der Waals surface area contributed by atoms with Crippen LogP contribution in [0.1, 0.15) is 11.1 Å². The van der Waals surface area contributed by atoms with Gasteiger partial charge in [-0.05, 0) is 48.7 Å². The third-order valence-electron chi connectivity index (χ3n) is 4.44. The van der Waals surface area contributed by atoms with E-state index in [9.17, 15) is 14.7 Å². The summed E-state index contributed by atoms with van der Waals surface area (Å²) in [7, 11) is 3.63. The highest BCUT2D eigenvalue weighted by molar-refractivity contribution is 8.00. The van der Waals surface area contributed by atoms with Crippen LogP contribution < -0.4 is 9.86 Å². The number of aryl methyl sites for hydroxylation is 1. The molecule has 0 spiro atoms. The van der Waals surface area contributed by atoms with Gasteiger partial charge in [0, 0.05) is 30.8 Å². The number of carbonyl (C=O) groups excluding carboxylic acids is 1. The van der Waals surface area contributed by atoms with E-state index in [1.165, 1.54) is 11.9 Å². The molecule has 0 fully saturated rings. The van der Waals surface area contributed by atoms with Gasteiger partial charge in [0.05, 0.1) is 16.8 Å². The number of fused-ring (bicyclic) bond motifs is 1. The van der Waals surface area contributed by atoms with Gasteiger partial charge >= 0.3 is 0 Å². The second kappa shape index (κ2) is 7.25. The van der Waals surface area contributed by atoms with Gasteiger partial charge < -0.3 is 18.8 Å². The number of para-hydroxylation sites is 1. The van der Waals surface area contributed by atoms with Gasteiger partial charge in [-0.1, -0.05) is 18.2 Å². The Hall–Kier alpha value is -2.73. The maximum absolute atomic E-state index is 12.1. The van der Waals surface area contributed by atoms with Crippen molar-refractivity contribution >= 4 is 34.8 Å². The summed E-state index contributed by atoms with van der Waals surface area (Å²) in [5, 5.41) is 11.0. The molecule has 2 aromatic carbocycles. The molecule has 0 saturated carbocycles. The molecule has 0 aliphatic rings. The second-order valence-electron chi connectivity index (χ2n) is 6.10. The number of hydrogen-bond acceptors (Lipinski definition) is 5. The summed E-state index contributed by atoms with van der Waals surface area (Å²) in [5.74, 6) is 0.0227. The lowest BCUT2D eigenvalue weighted by atomic mass is 10.1. The average molecular weight is 368 g/mol. The SMILES string of the molecule is Cc1c(O)c2cc(SN(C)c3ccccc3CC=O)ccc2n(C)c1=O. The molecule has 5 nitrogen and oxygen atoms in total. The van der Waals surface area contributed by atoms with Crippen LogP contribution in [0.5, 0.6) is 5.75 Å². The second-order valence-corrected chi connectivity index (χ2v) is 7.31. The molecule has 1 N–H and O–H groups in total. The minimum absolute atomic E-state index is 0.0227. The van der Waals surface area contributed by atoms with Crippen molar-refractivity contribution < 1.29 is 9.90 Å². The first-order chi connectivity index (χ1) is 12.4. The van der Waals surface area contributed by atoms with Gasteiger partial charge in [0.25, 0.3) is 5.56 Å². The molecule has 3 aromatic rings. The topological polar surface area (TPSA) is 62.5 Å². The standard InChI is InChI=1S/C20H20N2O3S/c1-13-19(24)16-12-15(8-9-18(16)21(2)20(13)25)26-22(3)17-7-5-4-6-14(17)10-11-23/h4-9,11-12,24H,10H2,1-3H3. The summed E-state index contributed by atoms with van der Waals surface area (Å²) >= 11 is 1.50. The Morgan fingerprint density at radius 3 is 2.69 bits per heavy atom. The predicted molar refractivity (Wildman–Crippen MR) is 106 cm³/mol. The molecule has 0 aliphatic carbocycles. The van der Waals surface area contributed by atoms with Crippen LogP contribution in [0, 0.1) is 6.92 Å². The van der Waals surface area contributed by atoms with E-state index < -0.39 is 0 Å². The first kappa shape index (κ1) is 18.1. The average Bonchev–Trinajstić information content (AvgIpc) is 2.65. The molecule has 0 unspecified atom stereocenters. The van der Waals surface area contributed by atoms with Gasteiger partial charge in [-0.2, -0.15) is 0 Å². The van der Waals surface area contributed by atoms with Gasteiger partial charge in [-0.15, -0.1) is 0 Å². The summed E-state index contributed by atoms with van der Waals surface area (Å²) in [6.07, 6.45) is 1.26. The van der Waals surface area contributed by atoms with Gasteiger partial charge in [-0.25, -0.2) is 0 Å². The van der Waals surface area contributed by atoms with Crippen molar-refractivity contribution in [3.63, 3.8) is 0 Å². The minimum Gasteiger partial charge on any atom is -0.507 e. The zero-order valence-electron chi connectivity index (χ0n) is 14.9. The first-order valence-corrected chi connectivity index (χ1v) is 8.97. The van der Waals surface area contributed by atoms with Crippen LogP contribution in [0.15, 0.2) is 52.2 Å². The van der Waals surface area contributed by atoms with Crippen LogP contribution in [-0.4, -0.2) is 23.0 Å². The number of hydrogen-bond donors (Lipinski definition) is 1. The third-order valence-corrected chi connectivity index (χ3v) is 5.38. The Bertz CT molecular complexity index is 1040. The Kier molecular flexibility index (Phi) is 5.04. The van der Waals surface area contributed by atoms with E-state index in [-0.39, 0.29) is 11.3 Å². The van der Waals surface area contributed by atoms with Crippen molar-refractivity contribution in [2.24, 2.45) is 7.05 Å². The van der Waals surface area contributed by atoms with Crippen molar-refractivity contribution in [2.75, 3.05) is 11.4 Å². The zero-order chi connectivity index (χ0) is 18.8. The molecule has 0 bridgehead atoms. The molecule has 26 heavy (non-hydrogen) atoms. The van der Waals surface area contributed by atoms with E-state index in [1.54, 1.807) is 18.5 Å². The van der Waals surface area contributed by atoms with E-state index in [1.807, 2.05) is 53.8 Å². The quantitative estimate of drug-likeness (QED) is 0.552. The highest BCUT2D eigenvalue weighted by Crippen LogP contribution is 2.34. The molecular weight excluding hydrogens is 348 g/mol. The monoisotopic (exact) mass is 368 g/mol. The highest BCUT2D eigenvalue weighted by Gasteiger charge is 2.13. The Balaban J connectivity index is 2.00. The van der Waals surface area contributed by atoms with E-state index in [4.69, 9.17) is 0 Å².